The van der Waals surface area contributed by atoms with Crippen molar-refractivity contribution in [3.8, 4) is 0 Å². The number of rotatable bonds is 6. The maximum atomic E-state index is 7.37. The van der Waals surface area contributed by atoms with E-state index < -0.39 is 0 Å². The van der Waals surface area contributed by atoms with E-state index in [-0.39, 0.29) is 5.96 Å². The molecule has 0 heterocycles. The summed E-state index contributed by atoms with van der Waals surface area (Å²) in [5.74, 6) is 0.138. The average Bonchev–Trinajstić information content (AvgIpc) is 2.10. The van der Waals surface area contributed by atoms with Gasteiger partial charge in [-0.3, -0.25) is 5.41 Å². The number of unbranched alkanes of at least 4 members (excludes halogenated alkanes) is 1. The molecule has 0 saturated carbocycles. The van der Waals surface area contributed by atoms with Gasteiger partial charge in [0, 0.05) is 13.1 Å². The summed E-state index contributed by atoms with van der Waals surface area (Å²) in [4.78, 5) is 1.85. The number of hydrogen-bond acceptors (Lipinski definition) is 2. The molecule has 14 heavy (non-hydrogen) atoms. The minimum absolute atomic E-state index is 0.138. The summed E-state index contributed by atoms with van der Waals surface area (Å²) in [7, 11) is 0. The molecule has 82 valence electrons. The molecule has 0 aromatic heterocycles. The predicted molar refractivity (Wildman–Crippen MR) is 61.2 cm³/mol. The van der Waals surface area contributed by atoms with E-state index in [2.05, 4.69) is 6.08 Å². The van der Waals surface area contributed by atoms with Crippen molar-refractivity contribution in [2.24, 2.45) is 11.5 Å². The molecule has 0 radical (unpaired) electrons. The van der Waals surface area contributed by atoms with Crippen molar-refractivity contribution < 1.29 is 0 Å². The molecule has 0 unspecified atom stereocenters. The maximum Gasteiger partial charge on any atom is 0.188 e. The first kappa shape index (κ1) is 13.0. The van der Waals surface area contributed by atoms with Gasteiger partial charge < -0.3 is 16.4 Å². The van der Waals surface area contributed by atoms with E-state index in [0.29, 0.717) is 6.54 Å². The second kappa shape index (κ2) is 7.38. The zero-order chi connectivity index (χ0) is 11.0. The Hall–Kier alpha value is -1.03. The fraction of sp³-hybridized carbons (Fsp3) is 0.700. The molecule has 0 aliphatic rings. The van der Waals surface area contributed by atoms with Crippen molar-refractivity contribution >= 4 is 5.96 Å². The Bertz CT molecular complexity index is 194. The van der Waals surface area contributed by atoms with Crippen LogP contribution in [0, 0.1) is 5.41 Å². The number of guanidine groups is 1. The minimum atomic E-state index is 0.138. The van der Waals surface area contributed by atoms with Gasteiger partial charge in [-0.2, -0.15) is 0 Å². The lowest BCUT2D eigenvalue weighted by molar-refractivity contribution is 0.435. The van der Waals surface area contributed by atoms with E-state index in [1.807, 2.05) is 18.7 Å². The molecule has 0 aromatic rings. The van der Waals surface area contributed by atoms with Gasteiger partial charge in [0.25, 0.3) is 0 Å². The normalized spacial score (nSPS) is 9.64. The Morgan fingerprint density at radius 2 is 2.00 bits per heavy atom. The largest absolute Gasteiger partial charge is 0.370 e. The molecule has 0 spiro atoms. The van der Waals surface area contributed by atoms with Gasteiger partial charge in [-0.15, -0.1) is 0 Å². The van der Waals surface area contributed by atoms with Gasteiger partial charge in [0.2, 0.25) is 0 Å². The van der Waals surface area contributed by atoms with Crippen LogP contribution in [0.3, 0.4) is 0 Å². The molecule has 5 N–H and O–H groups in total. The highest BCUT2D eigenvalue weighted by atomic mass is 15.2. The molecule has 0 aromatic carbocycles. The third-order valence-electron chi connectivity index (χ3n) is 1.94. The van der Waals surface area contributed by atoms with Gasteiger partial charge in [0.1, 0.15) is 0 Å². The van der Waals surface area contributed by atoms with Crippen molar-refractivity contribution in [1.82, 2.24) is 4.90 Å². The molecule has 0 aliphatic carbocycles. The summed E-state index contributed by atoms with van der Waals surface area (Å²) in [6.45, 7) is 6.32. The SMILES string of the molecule is CC(C)=CCN(CCCCN)C(=N)N. The van der Waals surface area contributed by atoms with E-state index >= 15 is 0 Å². The van der Waals surface area contributed by atoms with Crippen LogP contribution in [-0.4, -0.2) is 30.5 Å². The lowest BCUT2D eigenvalue weighted by atomic mass is 10.2. The van der Waals surface area contributed by atoms with Crippen LogP contribution in [0.2, 0.25) is 0 Å². The minimum Gasteiger partial charge on any atom is -0.370 e. The van der Waals surface area contributed by atoms with E-state index in [0.717, 1.165) is 25.9 Å². The van der Waals surface area contributed by atoms with Crippen LogP contribution < -0.4 is 11.5 Å². The molecule has 0 atom stereocenters. The van der Waals surface area contributed by atoms with Crippen LogP contribution >= 0.6 is 0 Å². The molecular weight excluding hydrogens is 176 g/mol. The Morgan fingerprint density at radius 3 is 2.43 bits per heavy atom. The first-order valence-corrected chi connectivity index (χ1v) is 5.00. The molecule has 4 heteroatoms. The second-order valence-corrected chi connectivity index (χ2v) is 3.61. The monoisotopic (exact) mass is 198 g/mol. The predicted octanol–water partition coefficient (Wildman–Crippen LogP) is 0.887. The number of nitrogens with two attached hydrogens (primary N) is 2. The molecule has 4 nitrogen and oxygen atoms in total. The van der Waals surface area contributed by atoms with Crippen molar-refractivity contribution in [2.75, 3.05) is 19.6 Å². The van der Waals surface area contributed by atoms with Crippen LogP contribution in [0.4, 0.5) is 0 Å². The molecule has 0 bridgehead atoms. The zero-order valence-electron chi connectivity index (χ0n) is 9.21. The summed E-state index contributed by atoms with van der Waals surface area (Å²) >= 11 is 0. The number of nitrogens with zero attached hydrogens (tertiary/aromatic N) is 1. The first-order chi connectivity index (χ1) is 6.57. The van der Waals surface area contributed by atoms with Crippen LogP contribution in [0.1, 0.15) is 26.7 Å². The van der Waals surface area contributed by atoms with Gasteiger partial charge >= 0.3 is 0 Å². The van der Waals surface area contributed by atoms with Gasteiger partial charge in [-0.1, -0.05) is 11.6 Å². The average molecular weight is 198 g/mol. The highest BCUT2D eigenvalue weighted by Gasteiger charge is 2.03. The highest BCUT2D eigenvalue weighted by molar-refractivity contribution is 5.74. The Morgan fingerprint density at radius 1 is 1.36 bits per heavy atom. The molecule has 0 saturated heterocycles. The molecule has 0 fully saturated rings. The standard InChI is InChI=1S/C10H22N4/c1-9(2)5-8-14(10(12)13)7-4-3-6-11/h5H,3-4,6-8,11H2,1-2H3,(H3,12,13). The Kier molecular flexibility index (Phi) is 6.84. The third kappa shape index (κ3) is 6.48. The van der Waals surface area contributed by atoms with E-state index in [4.69, 9.17) is 16.9 Å². The molecule has 0 aliphatic heterocycles. The number of hydrogen-bond donors (Lipinski definition) is 3. The van der Waals surface area contributed by atoms with Crippen LogP contribution in [0.5, 0.6) is 0 Å². The topological polar surface area (TPSA) is 79.1 Å². The third-order valence-corrected chi connectivity index (χ3v) is 1.94. The Balaban J connectivity index is 3.90. The smallest absolute Gasteiger partial charge is 0.188 e. The van der Waals surface area contributed by atoms with Crippen molar-refractivity contribution in [1.29, 1.82) is 5.41 Å². The van der Waals surface area contributed by atoms with Gasteiger partial charge in [-0.05, 0) is 33.2 Å². The maximum absolute atomic E-state index is 7.37. The first-order valence-electron chi connectivity index (χ1n) is 5.00. The summed E-state index contributed by atoms with van der Waals surface area (Å²) in [5.41, 5.74) is 12.1. The summed E-state index contributed by atoms with van der Waals surface area (Å²) < 4.78 is 0. The van der Waals surface area contributed by atoms with Crippen molar-refractivity contribution in [2.45, 2.75) is 26.7 Å². The van der Waals surface area contributed by atoms with Crippen molar-refractivity contribution in [3.63, 3.8) is 0 Å². The van der Waals surface area contributed by atoms with Crippen LogP contribution in [-0.2, 0) is 0 Å². The number of allylic oxidation sites excluding steroid dienone is 1. The molecule has 0 rings (SSSR count). The fourth-order valence-corrected chi connectivity index (χ4v) is 1.05. The van der Waals surface area contributed by atoms with Crippen LogP contribution in [0.15, 0.2) is 11.6 Å². The van der Waals surface area contributed by atoms with E-state index in [1.54, 1.807) is 0 Å². The summed E-state index contributed by atoms with van der Waals surface area (Å²) in [5, 5.41) is 7.37. The van der Waals surface area contributed by atoms with E-state index in [1.165, 1.54) is 5.57 Å². The van der Waals surface area contributed by atoms with Gasteiger partial charge in [-0.25, -0.2) is 0 Å². The van der Waals surface area contributed by atoms with Crippen molar-refractivity contribution in [3.05, 3.63) is 11.6 Å². The Labute approximate surface area is 86.5 Å². The highest BCUT2D eigenvalue weighted by Crippen LogP contribution is 1.96. The number of nitrogens with one attached hydrogen (secondary N) is 1. The molecule has 0 amide bonds. The summed E-state index contributed by atoms with van der Waals surface area (Å²) in [6.07, 6.45) is 4.05. The van der Waals surface area contributed by atoms with Crippen LogP contribution in [0.25, 0.3) is 0 Å². The van der Waals surface area contributed by atoms with Gasteiger partial charge in [0.15, 0.2) is 5.96 Å². The quantitative estimate of drug-likeness (QED) is 0.257. The lowest BCUT2D eigenvalue weighted by Crippen LogP contribution is -2.37. The molecular formula is C10H22N4. The summed E-state index contributed by atoms with van der Waals surface area (Å²) in [6, 6.07) is 0. The zero-order valence-corrected chi connectivity index (χ0v) is 9.21. The second-order valence-electron chi connectivity index (χ2n) is 3.61. The van der Waals surface area contributed by atoms with E-state index in [9.17, 15) is 0 Å². The van der Waals surface area contributed by atoms with Gasteiger partial charge in [0.05, 0.1) is 0 Å². The fourth-order valence-electron chi connectivity index (χ4n) is 1.05. The lowest BCUT2D eigenvalue weighted by Gasteiger charge is -2.20.